The summed E-state index contributed by atoms with van der Waals surface area (Å²) in [5, 5.41) is 2.91. The van der Waals surface area contributed by atoms with E-state index in [4.69, 9.17) is 5.73 Å². The number of halogens is 3. The van der Waals surface area contributed by atoms with Crippen LogP contribution in [0, 0.1) is 0 Å². The molecule has 90 valence electrons. The summed E-state index contributed by atoms with van der Waals surface area (Å²) in [6.07, 6.45) is -4.30. The van der Waals surface area contributed by atoms with Gasteiger partial charge in [0, 0.05) is 19.0 Å². The molecule has 1 aromatic rings. The van der Waals surface area contributed by atoms with Crippen LogP contribution in [0.15, 0.2) is 24.3 Å². The first-order chi connectivity index (χ1) is 7.49. The fourth-order valence-corrected chi connectivity index (χ4v) is 1.55. The lowest BCUT2D eigenvalue weighted by Crippen LogP contribution is -2.24. The van der Waals surface area contributed by atoms with Crippen molar-refractivity contribution in [1.29, 1.82) is 0 Å². The molecule has 0 saturated heterocycles. The van der Waals surface area contributed by atoms with Crippen LogP contribution in [0.2, 0.25) is 0 Å². The van der Waals surface area contributed by atoms with Gasteiger partial charge in [-0.05, 0) is 18.7 Å². The molecule has 2 nitrogen and oxygen atoms in total. The minimum absolute atomic E-state index is 0.0905. The highest BCUT2D eigenvalue weighted by Crippen LogP contribution is 2.30. The minimum atomic E-state index is -4.30. The van der Waals surface area contributed by atoms with Crippen LogP contribution in [0.1, 0.15) is 17.0 Å². The second-order valence-corrected chi connectivity index (χ2v) is 3.61. The highest BCUT2D eigenvalue weighted by Gasteiger charge is 2.30. The molecule has 0 heterocycles. The van der Waals surface area contributed by atoms with E-state index in [9.17, 15) is 13.2 Å². The van der Waals surface area contributed by atoms with Crippen LogP contribution >= 0.6 is 0 Å². The van der Waals surface area contributed by atoms with E-state index in [-0.39, 0.29) is 5.92 Å². The van der Waals surface area contributed by atoms with E-state index >= 15 is 0 Å². The second-order valence-electron chi connectivity index (χ2n) is 3.61. The Hall–Kier alpha value is -1.07. The highest BCUT2D eigenvalue weighted by atomic mass is 19.4. The molecule has 0 fully saturated rings. The molecular formula is C11H15F3N2. The van der Waals surface area contributed by atoms with E-state index < -0.39 is 11.7 Å². The molecule has 0 bridgehead atoms. The molecule has 1 aromatic carbocycles. The van der Waals surface area contributed by atoms with Gasteiger partial charge >= 0.3 is 6.18 Å². The van der Waals surface area contributed by atoms with Gasteiger partial charge in [-0.1, -0.05) is 18.2 Å². The van der Waals surface area contributed by atoms with Crippen LogP contribution in [-0.2, 0) is 6.18 Å². The fourth-order valence-electron chi connectivity index (χ4n) is 1.55. The van der Waals surface area contributed by atoms with Gasteiger partial charge in [0.1, 0.15) is 0 Å². The molecule has 0 spiro atoms. The van der Waals surface area contributed by atoms with Crippen molar-refractivity contribution < 1.29 is 13.2 Å². The molecule has 0 saturated carbocycles. The van der Waals surface area contributed by atoms with Crippen LogP contribution in [0.3, 0.4) is 0 Å². The Kier molecular flexibility index (Phi) is 4.32. The summed E-state index contributed by atoms with van der Waals surface area (Å²) in [7, 11) is 1.75. The van der Waals surface area contributed by atoms with E-state index in [1.165, 1.54) is 6.07 Å². The third-order valence-electron chi connectivity index (χ3n) is 2.42. The van der Waals surface area contributed by atoms with Crippen LogP contribution in [0.25, 0.3) is 0 Å². The van der Waals surface area contributed by atoms with Crippen molar-refractivity contribution in [1.82, 2.24) is 5.32 Å². The van der Waals surface area contributed by atoms with E-state index in [1.807, 2.05) is 0 Å². The van der Waals surface area contributed by atoms with Gasteiger partial charge in [0.15, 0.2) is 0 Å². The van der Waals surface area contributed by atoms with Gasteiger partial charge in [-0.3, -0.25) is 0 Å². The number of benzene rings is 1. The Morgan fingerprint density at radius 1 is 1.38 bits per heavy atom. The van der Waals surface area contributed by atoms with Gasteiger partial charge in [0.2, 0.25) is 0 Å². The molecule has 0 amide bonds. The van der Waals surface area contributed by atoms with Gasteiger partial charge in [-0.25, -0.2) is 0 Å². The maximum Gasteiger partial charge on any atom is 0.416 e. The number of nitrogens with two attached hydrogens (primary N) is 1. The molecule has 0 aliphatic carbocycles. The highest BCUT2D eigenvalue weighted by molar-refractivity contribution is 5.28. The van der Waals surface area contributed by atoms with Crippen LogP contribution in [0.4, 0.5) is 13.2 Å². The van der Waals surface area contributed by atoms with Gasteiger partial charge in [-0.2, -0.15) is 13.2 Å². The first-order valence-electron chi connectivity index (χ1n) is 5.01. The first kappa shape index (κ1) is 13.0. The largest absolute Gasteiger partial charge is 0.416 e. The predicted octanol–water partition coefficient (Wildman–Crippen LogP) is 1.97. The Balaban J connectivity index is 2.97. The summed E-state index contributed by atoms with van der Waals surface area (Å²) in [4.78, 5) is 0. The normalized spacial score (nSPS) is 13.8. The van der Waals surface area contributed by atoms with Crippen LogP contribution < -0.4 is 11.1 Å². The third kappa shape index (κ3) is 3.21. The zero-order valence-corrected chi connectivity index (χ0v) is 9.01. The van der Waals surface area contributed by atoms with Crippen molar-refractivity contribution in [3.8, 4) is 0 Å². The standard InChI is InChI=1S/C11H15F3N2/c1-16-7-9(6-15)8-3-2-4-10(5-8)11(12,13)14/h2-5,9,16H,6-7,15H2,1H3. The molecule has 5 heteroatoms. The monoisotopic (exact) mass is 232 g/mol. The molecule has 0 aliphatic rings. The Morgan fingerprint density at radius 2 is 2.06 bits per heavy atom. The van der Waals surface area contributed by atoms with Crippen molar-refractivity contribution in [3.05, 3.63) is 35.4 Å². The first-order valence-corrected chi connectivity index (χ1v) is 5.01. The molecule has 16 heavy (non-hydrogen) atoms. The number of rotatable bonds is 4. The summed E-state index contributed by atoms with van der Waals surface area (Å²) in [6.45, 7) is 0.889. The van der Waals surface area contributed by atoms with Crippen molar-refractivity contribution >= 4 is 0 Å². The average molecular weight is 232 g/mol. The van der Waals surface area contributed by atoms with Crippen molar-refractivity contribution in [3.63, 3.8) is 0 Å². The summed E-state index contributed by atoms with van der Waals surface area (Å²) in [6, 6.07) is 5.31. The van der Waals surface area contributed by atoms with Crippen molar-refractivity contribution in [2.45, 2.75) is 12.1 Å². The number of hydrogen-bond acceptors (Lipinski definition) is 2. The van der Waals surface area contributed by atoms with Gasteiger partial charge < -0.3 is 11.1 Å². The summed E-state index contributed by atoms with van der Waals surface area (Å²) in [5.74, 6) is -0.0905. The third-order valence-corrected chi connectivity index (χ3v) is 2.42. The molecule has 0 aliphatic heterocycles. The van der Waals surface area contributed by atoms with E-state index in [2.05, 4.69) is 5.32 Å². The summed E-state index contributed by atoms with van der Waals surface area (Å²) >= 11 is 0. The molecule has 0 radical (unpaired) electrons. The SMILES string of the molecule is CNCC(CN)c1cccc(C(F)(F)F)c1. The van der Waals surface area contributed by atoms with Gasteiger partial charge in [0.05, 0.1) is 5.56 Å². The van der Waals surface area contributed by atoms with Crippen molar-refractivity contribution in [2.24, 2.45) is 5.73 Å². The summed E-state index contributed by atoms with van der Waals surface area (Å²) < 4.78 is 37.4. The van der Waals surface area contributed by atoms with E-state index in [0.29, 0.717) is 18.7 Å². The van der Waals surface area contributed by atoms with Crippen LogP contribution in [0.5, 0.6) is 0 Å². The lowest BCUT2D eigenvalue weighted by Gasteiger charge is -2.16. The average Bonchev–Trinajstić information content (AvgIpc) is 2.25. The van der Waals surface area contributed by atoms with Gasteiger partial charge in [-0.15, -0.1) is 0 Å². The van der Waals surface area contributed by atoms with Crippen LogP contribution in [-0.4, -0.2) is 20.1 Å². The molecule has 0 aromatic heterocycles. The molecule has 1 unspecified atom stereocenters. The zero-order chi connectivity index (χ0) is 12.2. The molecular weight excluding hydrogens is 217 g/mol. The van der Waals surface area contributed by atoms with Crippen molar-refractivity contribution in [2.75, 3.05) is 20.1 Å². The summed E-state index contributed by atoms with van der Waals surface area (Å²) in [5.41, 5.74) is 5.52. The number of hydrogen-bond donors (Lipinski definition) is 2. The fraction of sp³-hybridized carbons (Fsp3) is 0.455. The number of likely N-dealkylation sites (N-methyl/N-ethyl adjacent to an activating group) is 1. The molecule has 1 rings (SSSR count). The molecule has 3 N–H and O–H groups in total. The number of alkyl halides is 3. The Labute approximate surface area is 92.6 Å². The second kappa shape index (κ2) is 5.32. The maximum atomic E-state index is 12.5. The predicted molar refractivity (Wildman–Crippen MR) is 57.2 cm³/mol. The zero-order valence-electron chi connectivity index (χ0n) is 9.01. The topological polar surface area (TPSA) is 38.0 Å². The molecule has 1 atom stereocenters. The lowest BCUT2D eigenvalue weighted by molar-refractivity contribution is -0.137. The maximum absolute atomic E-state index is 12.5. The van der Waals surface area contributed by atoms with E-state index in [0.717, 1.165) is 12.1 Å². The Morgan fingerprint density at radius 3 is 2.56 bits per heavy atom. The Bertz CT molecular complexity index is 336. The lowest BCUT2D eigenvalue weighted by atomic mass is 9.97. The number of nitrogens with one attached hydrogen (secondary N) is 1. The smallest absolute Gasteiger partial charge is 0.330 e. The quantitative estimate of drug-likeness (QED) is 0.832. The van der Waals surface area contributed by atoms with E-state index in [1.54, 1.807) is 13.1 Å². The van der Waals surface area contributed by atoms with Gasteiger partial charge in [0.25, 0.3) is 0 Å². The minimum Gasteiger partial charge on any atom is -0.330 e.